The van der Waals surface area contributed by atoms with Crippen LogP contribution < -0.4 is 5.32 Å². The second kappa shape index (κ2) is 5.18. The highest BCUT2D eigenvalue weighted by atomic mass is 19.4. The van der Waals surface area contributed by atoms with Crippen LogP contribution in [0.2, 0.25) is 0 Å². The first-order valence-corrected chi connectivity index (χ1v) is 6.95. The van der Waals surface area contributed by atoms with Crippen LogP contribution in [-0.2, 0) is 12.7 Å². The summed E-state index contributed by atoms with van der Waals surface area (Å²) < 4.78 is 39.4. The third-order valence-corrected chi connectivity index (χ3v) is 3.46. The van der Waals surface area contributed by atoms with E-state index in [1.807, 2.05) is 28.7 Å². The lowest BCUT2D eigenvalue weighted by atomic mass is 10.3. The highest BCUT2D eigenvalue weighted by molar-refractivity contribution is 5.83. The first-order chi connectivity index (χ1) is 11.5. The molecule has 0 aliphatic carbocycles. The van der Waals surface area contributed by atoms with Crippen LogP contribution >= 0.6 is 0 Å². The summed E-state index contributed by atoms with van der Waals surface area (Å²) >= 11 is 0. The van der Waals surface area contributed by atoms with Crippen molar-refractivity contribution in [2.75, 3.05) is 5.32 Å². The molecule has 0 radical (unpaired) electrons. The molecule has 0 aliphatic rings. The van der Waals surface area contributed by atoms with Gasteiger partial charge in [0.25, 0.3) is 5.82 Å². The Kier molecular flexibility index (Phi) is 3.12. The molecule has 24 heavy (non-hydrogen) atoms. The molecule has 10 heteroatoms. The second-order valence-electron chi connectivity index (χ2n) is 5.06. The van der Waals surface area contributed by atoms with E-state index < -0.39 is 12.0 Å². The lowest BCUT2D eigenvalue weighted by Gasteiger charge is -2.08. The monoisotopic (exact) mass is 333 g/mol. The van der Waals surface area contributed by atoms with E-state index in [0.29, 0.717) is 11.3 Å². The molecule has 1 aromatic carbocycles. The van der Waals surface area contributed by atoms with Crippen molar-refractivity contribution in [1.29, 1.82) is 0 Å². The molecule has 0 fully saturated rings. The van der Waals surface area contributed by atoms with Gasteiger partial charge in [-0.1, -0.05) is 12.1 Å². The molecule has 2 N–H and O–H groups in total. The molecule has 0 aliphatic heterocycles. The van der Waals surface area contributed by atoms with Crippen LogP contribution in [0.5, 0.6) is 0 Å². The van der Waals surface area contributed by atoms with Gasteiger partial charge in [0.05, 0.1) is 30.1 Å². The Hall–Kier alpha value is -3.17. The molecule has 0 spiro atoms. The maximum absolute atomic E-state index is 12.5. The summed E-state index contributed by atoms with van der Waals surface area (Å²) in [7, 11) is 0. The van der Waals surface area contributed by atoms with E-state index in [-0.39, 0.29) is 12.4 Å². The Morgan fingerprint density at radius 3 is 2.75 bits per heavy atom. The number of hydrogen-bond donors (Lipinski definition) is 2. The number of nitrogens with one attached hydrogen (secondary N) is 2. The van der Waals surface area contributed by atoms with Crippen molar-refractivity contribution < 1.29 is 13.2 Å². The Bertz CT molecular complexity index is 1020. The number of benzene rings is 1. The van der Waals surface area contributed by atoms with E-state index >= 15 is 0 Å². The fourth-order valence-corrected chi connectivity index (χ4v) is 2.40. The van der Waals surface area contributed by atoms with Gasteiger partial charge in [0.2, 0.25) is 0 Å². The number of rotatable bonds is 3. The third-order valence-electron chi connectivity index (χ3n) is 3.46. The molecule has 0 saturated carbocycles. The molecule has 0 amide bonds. The van der Waals surface area contributed by atoms with E-state index in [2.05, 4.69) is 30.5 Å². The van der Waals surface area contributed by atoms with Crippen LogP contribution in [0, 0.1) is 0 Å². The van der Waals surface area contributed by atoms with E-state index in [1.54, 1.807) is 12.5 Å². The maximum atomic E-state index is 12.5. The van der Waals surface area contributed by atoms with Gasteiger partial charge in [0.1, 0.15) is 11.3 Å². The third kappa shape index (κ3) is 2.41. The molecule has 4 aromatic rings. The Labute approximate surface area is 132 Å². The number of anilines is 1. The van der Waals surface area contributed by atoms with E-state index in [9.17, 15) is 13.2 Å². The zero-order valence-corrected chi connectivity index (χ0v) is 12.0. The van der Waals surface area contributed by atoms with Crippen molar-refractivity contribution in [3.8, 4) is 0 Å². The highest BCUT2D eigenvalue weighted by Gasteiger charge is 2.35. The molecule has 0 atom stereocenters. The number of H-pyrrole nitrogens is 1. The largest absolute Gasteiger partial charge is 0.453 e. The number of halogens is 3. The summed E-state index contributed by atoms with van der Waals surface area (Å²) in [5.41, 5.74) is 2.33. The van der Waals surface area contributed by atoms with Crippen LogP contribution in [0.25, 0.3) is 16.6 Å². The van der Waals surface area contributed by atoms with Gasteiger partial charge in [-0.3, -0.25) is 9.50 Å². The molecular weight excluding hydrogens is 323 g/mol. The fraction of sp³-hybridized carbons (Fsp3) is 0.143. The second-order valence-corrected chi connectivity index (χ2v) is 5.06. The van der Waals surface area contributed by atoms with E-state index in [4.69, 9.17) is 0 Å². The smallest absolute Gasteiger partial charge is 0.361 e. The van der Waals surface area contributed by atoms with Crippen molar-refractivity contribution in [3.63, 3.8) is 0 Å². The number of imidazole rings is 1. The molecule has 4 rings (SSSR count). The summed E-state index contributed by atoms with van der Waals surface area (Å²) in [6.45, 7) is 0.0231. The molecule has 0 unspecified atom stereocenters. The van der Waals surface area contributed by atoms with Crippen molar-refractivity contribution in [1.82, 2.24) is 29.5 Å². The number of fused-ring (bicyclic) bond motifs is 3. The lowest BCUT2D eigenvalue weighted by molar-refractivity contribution is -0.144. The summed E-state index contributed by atoms with van der Waals surface area (Å²) in [5.74, 6) is -0.633. The Balaban J connectivity index is 1.66. The summed E-state index contributed by atoms with van der Waals surface area (Å²) in [4.78, 5) is 12.0. The minimum atomic E-state index is -4.57. The number of hydrogen-bond acceptors (Lipinski definition) is 5. The average molecular weight is 333 g/mol. The van der Waals surface area contributed by atoms with Gasteiger partial charge in [0.15, 0.2) is 5.82 Å². The zero-order valence-electron chi connectivity index (χ0n) is 12.0. The summed E-state index contributed by atoms with van der Waals surface area (Å²) in [5, 5.41) is 8.40. The van der Waals surface area contributed by atoms with Crippen molar-refractivity contribution in [2.24, 2.45) is 0 Å². The summed E-state index contributed by atoms with van der Waals surface area (Å²) in [6, 6.07) is 7.50. The van der Waals surface area contributed by atoms with Gasteiger partial charge >= 0.3 is 6.18 Å². The van der Waals surface area contributed by atoms with Gasteiger partial charge in [-0.15, -0.1) is 5.10 Å². The Morgan fingerprint density at radius 2 is 1.96 bits per heavy atom. The molecule has 0 saturated heterocycles. The van der Waals surface area contributed by atoms with Crippen LogP contribution in [0.1, 0.15) is 11.6 Å². The maximum Gasteiger partial charge on any atom is 0.453 e. The number of para-hydroxylation sites is 2. The SMILES string of the molecule is FC(F)(F)c1n[nH]c(CNc2nc3ccccc3n3cncc23)n1. The minimum Gasteiger partial charge on any atom is -0.361 e. The molecule has 3 aromatic heterocycles. The van der Waals surface area contributed by atoms with Crippen LogP contribution in [0.15, 0.2) is 36.8 Å². The van der Waals surface area contributed by atoms with Gasteiger partial charge in [0, 0.05) is 0 Å². The quantitative estimate of drug-likeness (QED) is 0.602. The predicted molar refractivity (Wildman–Crippen MR) is 79.2 cm³/mol. The van der Waals surface area contributed by atoms with E-state index in [0.717, 1.165) is 11.0 Å². The highest BCUT2D eigenvalue weighted by Crippen LogP contribution is 2.26. The first kappa shape index (κ1) is 14.4. The topological polar surface area (TPSA) is 83.8 Å². The fourth-order valence-electron chi connectivity index (χ4n) is 2.40. The van der Waals surface area contributed by atoms with Crippen molar-refractivity contribution >= 4 is 22.4 Å². The van der Waals surface area contributed by atoms with Crippen molar-refractivity contribution in [3.05, 3.63) is 48.4 Å². The first-order valence-electron chi connectivity index (χ1n) is 6.95. The molecule has 122 valence electrons. The molecule has 3 heterocycles. The molecule has 0 bridgehead atoms. The predicted octanol–water partition coefficient (Wildman–Crippen LogP) is 2.63. The molecular formula is C14H10F3N7. The summed E-state index contributed by atoms with van der Waals surface area (Å²) in [6.07, 6.45) is -1.29. The van der Waals surface area contributed by atoms with Gasteiger partial charge in [-0.05, 0) is 12.1 Å². The van der Waals surface area contributed by atoms with Gasteiger partial charge in [-0.2, -0.15) is 13.2 Å². The van der Waals surface area contributed by atoms with Crippen LogP contribution in [-0.4, -0.2) is 29.5 Å². The number of aromatic nitrogens is 6. The standard InChI is InChI=1S/C14H10F3N7/c15-14(16,17)13-21-11(22-23-13)6-19-12-10-5-18-7-24(10)9-4-2-1-3-8(9)20-12/h1-5,7H,6H2,(H,19,20)(H,21,22,23). The Morgan fingerprint density at radius 1 is 1.12 bits per heavy atom. The minimum absolute atomic E-state index is 0.0231. The number of alkyl halides is 3. The van der Waals surface area contributed by atoms with Crippen molar-refractivity contribution in [2.45, 2.75) is 12.7 Å². The molecule has 7 nitrogen and oxygen atoms in total. The van der Waals surface area contributed by atoms with Crippen LogP contribution in [0.4, 0.5) is 19.0 Å². The number of nitrogens with zero attached hydrogens (tertiary/aromatic N) is 5. The number of aromatic amines is 1. The van der Waals surface area contributed by atoms with Crippen LogP contribution in [0.3, 0.4) is 0 Å². The average Bonchev–Trinajstić information content (AvgIpc) is 3.21. The normalized spacial score (nSPS) is 12.1. The zero-order chi connectivity index (χ0) is 16.7. The van der Waals surface area contributed by atoms with Gasteiger partial charge in [-0.25, -0.2) is 15.0 Å². The van der Waals surface area contributed by atoms with E-state index in [1.165, 1.54) is 0 Å². The lowest BCUT2D eigenvalue weighted by Crippen LogP contribution is -2.08. The van der Waals surface area contributed by atoms with Gasteiger partial charge < -0.3 is 5.32 Å².